The number of imidazole rings is 2. The van der Waals surface area contributed by atoms with Crippen molar-refractivity contribution in [2.24, 2.45) is 11.8 Å². The molecule has 0 bridgehead atoms. The van der Waals surface area contributed by atoms with Crippen LogP contribution in [-0.4, -0.2) is 79.3 Å². The molecule has 6 atom stereocenters. The molecule has 12 nitrogen and oxygen atoms in total. The van der Waals surface area contributed by atoms with Gasteiger partial charge in [0.15, 0.2) is 0 Å². The molecule has 57 heavy (non-hydrogen) atoms. The Morgan fingerprint density at radius 3 is 2.47 bits per heavy atom. The van der Waals surface area contributed by atoms with Crippen LogP contribution in [0.1, 0.15) is 108 Å². The summed E-state index contributed by atoms with van der Waals surface area (Å²) in [7, 11) is 0. The predicted molar refractivity (Wildman–Crippen MR) is 218 cm³/mol. The zero-order valence-electron chi connectivity index (χ0n) is 33.3. The maximum Gasteiger partial charge on any atom is 0.246 e. The number of likely N-dealkylation sites (tertiary alicyclic amines) is 2. The van der Waals surface area contributed by atoms with Gasteiger partial charge >= 0.3 is 0 Å². The van der Waals surface area contributed by atoms with E-state index in [1.807, 2.05) is 11.1 Å². The Morgan fingerprint density at radius 1 is 0.930 bits per heavy atom. The molecule has 9 rings (SSSR count). The summed E-state index contributed by atoms with van der Waals surface area (Å²) in [5.74, 6) is 3.02. The summed E-state index contributed by atoms with van der Waals surface area (Å²) < 4.78 is 12.0. The summed E-state index contributed by atoms with van der Waals surface area (Å²) in [6, 6.07) is 14.4. The van der Waals surface area contributed by atoms with E-state index in [9.17, 15) is 14.4 Å². The molecule has 12 heteroatoms. The fraction of sp³-hybridized carbons (Fsp3) is 0.489. The largest absolute Gasteiger partial charge is 0.488 e. The van der Waals surface area contributed by atoms with Crippen LogP contribution in [0.3, 0.4) is 0 Å². The van der Waals surface area contributed by atoms with Crippen molar-refractivity contribution in [2.45, 2.75) is 116 Å². The standard InChI is InChI=1S/C45H53N7O5/c1-5-25(2)18-40(54)51-26(3)6-13-38(51)44-48-35-11-9-29-20-34-32-10-8-30(19-31(32)23-57-39(34)21-33(29)42(35)50-44)36-22-46-43(49-36)37-12-7-27(4)52(37)45(55)41(47-24-53)28-14-16-56-17-15-28/h8-11,19-22,24-28,37-38,41H,5-7,12-18,23H2,1-4H3,(H,46,49)(H,47,53)(H,48,50)/t25?,26-,27-,37?,38?,41?/m0/s1. The number of ether oxygens (including phenoxy) is 2. The summed E-state index contributed by atoms with van der Waals surface area (Å²) in [5.41, 5.74) is 7.00. The highest BCUT2D eigenvalue weighted by molar-refractivity contribution is 6.07. The van der Waals surface area contributed by atoms with Crippen molar-refractivity contribution in [3.63, 3.8) is 0 Å². The maximum atomic E-state index is 14.0. The topological polar surface area (TPSA) is 146 Å². The maximum absolute atomic E-state index is 14.0. The number of hydrogen-bond acceptors (Lipinski definition) is 7. The molecule has 3 aromatic carbocycles. The highest BCUT2D eigenvalue weighted by Crippen LogP contribution is 2.44. The Hall–Kier alpha value is -5.23. The zero-order valence-corrected chi connectivity index (χ0v) is 33.3. The Kier molecular flexibility index (Phi) is 10.0. The second kappa shape index (κ2) is 15.3. The molecule has 3 saturated heterocycles. The number of benzene rings is 3. The van der Waals surface area contributed by atoms with Crippen molar-refractivity contribution in [3.8, 4) is 28.1 Å². The minimum Gasteiger partial charge on any atom is -0.488 e. The van der Waals surface area contributed by atoms with Gasteiger partial charge in [-0.3, -0.25) is 14.4 Å². The second-order valence-corrected chi connectivity index (χ2v) is 16.9. The van der Waals surface area contributed by atoms with Crippen LogP contribution in [0.15, 0.2) is 48.7 Å². The molecule has 3 fully saturated rings. The van der Waals surface area contributed by atoms with Crippen LogP contribution in [0, 0.1) is 11.8 Å². The second-order valence-electron chi connectivity index (χ2n) is 16.9. The molecule has 2 aromatic heterocycles. The molecular formula is C45H53N7O5. The average molecular weight is 772 g/mol. The number of amides is 3. The van der Waals surface area contributed by atoms with Gasteiger partial charge in [-0.2, -0.15) is 0 Å². The van der Waals surface area contributed by atoms with E-state index in [0.29, 0.717) is 38.6 Å². The van der Waals surface area contributed by atoms with Crippen molar-refractivity contribution in [1.29, 1.82) is 0 Å². The summed E-state index contributed by atoms with van der Waals surface area (Å²) >= 11 is 0. The van der Waals surface area contributed by atoms with Crippen LogP contribution < -0.4 is 10.1 Å². The fourth-order valence-electron chi connectivity index (χ4n) is 9.83. The van der Waals surface area contributed by atoms with Crippen LogP contribution in [0.25, 0.3) is 44.2 Å². The Balaban J connectivity index is 0.965. The van der Waals surface area contributed by atoms with Crippen LogP contribution in [0.4, 0.5) is 0 Å². The van der Waals surface area contributed by atoms with E-state index in [-0.39, 0.29) is 41.9 Å². The van der Waals surface area contributed by atoms with Crippen molar-refractivity contribution >= 4 is 40.0 Å². The number of H-pyrrole nitrogens is 2. The highest BCUT2D eigenvalue weighted by Gasteiger charge is 2.42. The van der Waals surface area contributed by atoms with Crippen molar-refractivity contribution in [1.82, 2.24) is 35.1 Å². The van der Waals surface area contributed by atoms with E-state index >= 15 is 0 Å². The van der Waals surface area contributed by atoms with E-state index in [4.69, 9.17) is 19.4 Å². The number of fused-ring (bicyclic) bond motifs is 6. The van der Waals surface area contributed by atoms with Gasteiger partial charge in [0.2, 0.25) is 18.2 Å². The third-order valence-electron chi connectivity index (χ3n) is 13.3. The van der Waals surface area contributed by atoms with Gasteiger partial charge in [-0.15, -0.1) is 0 Å². The number of nitrogens with zero attached hydrogens (tertiary/aromatic N) is 4. The van der Waals surface area contributed by atoms with Gasteiger partial charge in [0.05, 0.1) is 35.0 Å². The summed E-state index contributed by atoms with van der Waals surface area (Å²) in [4.78, 5) is 60.1. The Morgan fingerprint density at radius 2 is 1.70 bits per heavy atom. The lowest BCUT2D eigenvalue weighted by atomic mass is 9.90. The monoisotopic (exact) mass is 771 g/mol. The first-order valence-electron chi connectivity index (χ1n) is 20.9. The molecule has 0 saturated carbocycles. The van der Waals surface area contributed by atoms with E-state index in [1.165, 1.54) is 0 Å². The zero-order chi connectivity index (χ0) is 39.4. The molecule has 3 amide bonds. The van der Waals surface area contributed by atoms with Gasteiger partial charge in [-0.05, 0) is 111 Å². The van der Waals surface area contributed by atoms with Gasteiger partial charge in [0.1, 0.15) is 30.0 Å². The number of rotatable bonds is 10. The predicted octanol–water partition coefficient (Wildman–Crippen LogP) is 7.75. The molecule has 0 aliphatic carbocycles. The van der Waals surface area contributed by atoms with Crippen molar-refractivity contribution < 1.29 is 23.9 Å². The van der Waals surface area contributed by atoms with Crippen LogP contribution in [0.5, 0.6) is 5.75 Å². The lowest BCUT2D eigenvalue weighted by molar-refractivity contribution is -0.140. The van der Waals surface area contributed by atoms with Crippen LogP contribution >= 0.6 is 0 Å². The van der Waals surface area contributed by atoms with E-state index in [1.54, 1.807) is 0 Å². The normalized spacial score (nSPS) is 23.3. The van der Waals surface area contributed by atoms with Gasteiger partial charge in [0, 0.05) is 42.7 Å². The SMILES string of the molecule is CCC(C)CC(=O)N1C(c2nc3ccc4cc5c(cc4c3[nH]2)OCc2cc(-c3cnc(C4CC[C@H](C)N4C(=O)C(NC=O)C4CCOCC4)[nH]3)ccc2-5)CC[C@@H]1C. The quantitative estimate of drug-likeness (QED) is 0.123. The van der Waals surface area contributed by atoms with Gasteiger partial charge in [-0.1, -0.05) is 38.5 Å². The summed E-state index contributed by atoms with van der Waals surface area (Å²) in [5, 5.41) is 4.98. The number of hydrogen-bond donors (Lipinski definition) is 3. The third kappa shape index (κ3) is 6.75. The molecule has 0 radical (unpaired) electrons. The number of nitrogens with one attached hydrogen (secondary N) is 3. The molecule has 4 aliphatic heterocycles. The summed E-state index contributed by atoms with van der Waals surface area (Å²) in [6.45, 7) is 10.1. The van der Waals surface area contributed by atoms with Crippen LogP contribution in [-0.2, 0) is 25.7 Å². The molecule has 6 heterocycles. The molecule has 5 aromatic rings. The molecule has 0 spiro atoms. The Labute approximate surface area is 333 Å². The highest BCUT2D eigenvalue weighted by atomic mass is 16.5. The first-order chi connectivity index (χ1) is 27.7. The van der Waals surface area contributed by atoms with Gasteiger partial charge < -0.3 is 34.6 Å². The van der Waals surface area contributed by atoms with E-state index < -0.39 is 6.04 Å². The molecule has 4 aliphatic rings. The lowest BCUT2D eigenvalue weighted by Gasteiger charge is -2.35. The number of carbonyl (C=O) groups is 3. The van der Waals surface area contributed by atoms with Gasteiger partial charge in [-0.25, -0.2) is 9.97 Å². The minimum absolute atomic E-state index is 0.0341. The van der Waals surface area contributed by atoms with Crippen LogP contribution in [0.2, 0.25) is 0 Å². The summed E-state index contributed by atoms with van der Waals surface area (Å²) in [6.07, 6.45) is 9.08. The number of aromatic nitrogens is 4. The van der Waals surface area contributed by atoms with Crippen molar-refractivity contribution in [2.75, 3.05) is 13.2 Å². The molecule has 3 N–H and O–H groups in total. The molecular weight excluding hydrogens is 719 g/mol. The van der Waals surface area contributed by atoms with Gasteiger partial charge in [0.25, 0.3) is 0 Å². The Bertz CT molecular complexity index is 2330. The minimum atomic E-state index is -0.574. The van der Waals surface area contributed by atoms with E-state index in [0.717, 1.165) is 112 Å². The average Bonchev–Trinajstić information content (AvgIpc) is 4.05. The lowest BCUT2D eigenvalue weighted by Crippen LogP contribution is -2.52. The number of aromatic amines is 2. The smallest absolute Gasteiger partial charge is 0.246 e. The molecule has 4 unspecified atom stereocenters. The van der Waals surface area contributed by atoms with E-state index in [2.05, 4.69) is 90.3 Å². The first kappa shape index (κ1) is 37.4. The number of carbonyl (C=O) groups excluding carboxylic acids is 3. The van der Waals surface area contributed by atoms with Crippen molar-refractivity contribution in [3.05, 3.63) is 65.9 Å². The first-order valence-corrected chi connectivity index (χ1v) is 20.9. The molecule has 298 valence electrons. The fourth-order valence-corrected chi connectivity index (χ4v) is 9.83. The third-order valence-corrected chi connectivity index (χ3v) is 13.3.